The highest BCUT2D eigenvalue weighted by Crippen LogP contribution is 2.44. The predicted molar refractivity (Wildman–Crippen MR) is 74.3 cm³/mol. The van der Waals surface area contributed by atoms with E-state index in [2.05, 4.69) is 47.0 Å². The molecule has 0 spiro atoms. The minimum atomic E-state index is 0.00336. The SMILES string of the molecule is CCCCCC(NC)C1CC(C)(C)OC1(C)C. The van der Waals surface area contributed by atoms with Crippen LogP contribution in [0.15, 0.2) is 0 Å². The lowest BCUT2D eigenvalue weighted by molar-refractivity contribution is -0.0777. The lowest BCUT2D eigenvalue weighted by atomic mass is 9.80. The molecule has 0 bridgehead atoms. The fraction of sp³-hybridized carbons (Fsp3) is 1.00. The molecule has 1 heterocycles. The second-order valence-corrected chi connectivity index (χ2v) is 6.67. The van der Waals surface area contributed by atoms with Crippen LogP contribution in [0.25, 0.3) is 0 Å². The molecule has 2 unspecified atom stereocenters. The maximum atomic E-state index is 6.20. The van der Waals surface area contributed by atoms with E-state index < -0.39 is 0 Å². The average Bonchev–Trinajstić information content (AvgIpc) is 2.42. The van der Waals surface area contributed by atoms with Gasteiger partial charge in [0.25, 0.3) is 0 Å². The third-order valence-corrected chi connectivity index (χ3v) is 4.12. The molecule has 1 saturated heterocycles. The molecule has 0 aromatic carbocycles. The van der Waals surface area contributed by atoms with Crippen LogP contribution in [0.4, 0.5) is 0 Å². The highest BCUT2D eigenvalue weighted by molar-refractivity contribution is 4.99. The van der Waals surface area contributed by atoms with Gasteiger partial charge in [0.1, 0.15) is 0 Å². The number of hydrogen-bond acceptors (Lipinski definition) is 2. The van der Waals surface area contributed by atoms with E-state index in [1.54, 1.807) is 0 Å². The van der Waals surface area contributed by atoms with Crippen molar-refractivity contribution in [1.29, 1.82) is 0 Å². The Morgan fingerprint density at radius 3 is 2.29 bits per heavy atom. The molecule has 0 amide bonds. The fourth-order valence-corrected chi connectivity index (χ4v) is 3.39. The van der Waals surface area contributed by atoms with Crippen molar-refractivity contribution in [2.24, 2.45) is 5.92 Å². The van der Waals surface area contributed by atoms with Crippen molar-refractivity contribution in [2.75, 3.05) is 7.05 Å². The third kappa shape index (κ3) is 3.96. The monoisotopic (exact) mass is 241 g/mol. The van der Waals surface area contributed by atoms with Crippen molar-refractivity contribution in [3.63, 3.8) is 0 Å². The predicted octanol–water partition coefficient (Wildman–Crippen LogP) is 3.75. The minimum Gasteiger partial charge on any atom is -0.369 e. The van der Waals surface area contributed by atoms with Crippen molar-refractivity contribution in [3.8, 4) is 0 Å². The topological polar surface area (TPSA) is 21.3 Å². The van der Waals surface area contributed by atoms with Gasteiger partial charge in [-0.15, -0.1) is 0 Å². The first kappa shape index (κ1) is 15.0. The zero-order valence-corrected chi connectivity index (χ0v) is 12.6. The molecule has 2 heteroatoms. The summed E-state index contributed by atoms with van der Waals surface area (Å²) >= 11 is 0. The average molecular weight is 241 g/mol. The fourth-order valence-electron chi connectivity index (χ4n) is 3.39. The van der Waals surface area contributed by atoms with Crippen LogP contribution < -0.4 is 5.32 Å². The summed E-state index contributed by atoms with van der Waals surface area (Å²) in [6.07, 6.45) is 6.41. The van der Waals surface area contributed by atoms with E-state index in [4.69, 9.17) is 4.74 Å². The van der Waals surface area contributed by atoms with E-state index in [1.807, 2.05) is 0 Å². The zero-order valence-electron chi connectivity index (χ0n) is 12.6. The van der Waals surface area contributed by atoms with Crippen molar-refractivity contribution in [2.45, 2.75) is 84.0 Å². The first-order valence-corrected chi connectivity index (χ1v) is 7.20. The number of ether oxygens (including phenoxy) is 1. The molecule has 102 valence electrons. The second kappa shape index (κ2) is 5.71. The summed E-state index contributed by atoms with van der Waals surface area (Å²) in [6.45, 7) is 11.2. The maximum absolute atomic E-state index is 6.20. The van der Waals surface area contributed by atoms with Gasteiger partial charge in [0.15, 0.2) is 0 Å². The Morgan fingerprint density at radius 1 is 1.24 bits per heavy atom. The van der Waals surface area contributed by atoms with E-state index in [-0.39, 0.29) is 11.2 Å². The summed E-state index contributed by atoms with van der Waals surface area (Å²) in [4.78, 5) is 0. The summed E-state index contributed by atoms with van der Waals surface area (Å²) in [7, 11) is 2.10. The molecule has 1 N–H and O–H groups in total. The molecular weight excluding hydrogens is 210 g/mol. The first-order valence-electron chi connectivity index (χ1n) is 7.20. The first-order chi connectivity index (χ1) is 7.82. The molecule has 1 fully saturated rings. The Balaban J connectivity index is 2.62. The lowest BCUT2D eigenvalue weighted by Crippen LogP contribution is -2.42. The van der Waals surface area contributed by atoms with Crippen LogP contribution in [0, 0.1) is 5.92 Å². The summed E-state index contributed by atoms with van der Waals surface area (Å²) < 4.78 is 6.20. The van der Waals surface area contributed by atoms with Crippen LogP contribution in [0.5, 0.6) is 0 Å². The molecule has 17 heavy (non-hydrogen) atoms. The van der Waals surface area contributed by atoms with Gasteiger partial charge in [-0.25, -0.2) is 0 Å². The van der Waals surface area contributed by atoms with Gasteiger partial charge in [-0.05, 0) is 47.6 Å². The van der Waals surface area contributed by atoms with Crippen molar-refractivity contribution < 1.29 is 4.74 Å². The Hall–Kier alpha value is -0.0800. The van der Waals surface area contributed by atoms with E-state index in [9.17, 15) is 0 Å². The number of unbranched alkanes of at least 4 members (excludes halogenated alkanes) is 2. The van der Waals surface area contributed by atoms with Gasteiger partial charge in [0, 0.05) is 12.0 Å². The highest BCUT2D eigenvalue weighted by Gasteiger charge is 2.48. The van der Waals surface area contributed by atoms with Crippen molar-refractivity contribution >= 4 is 0 Å². The Kier molecular flexibility index (Phi) is 5.03. The van der Waals surface area contributed by atoms with E-state index in [0.717, 1.165) is 6.42 Å². The maximum Gasteiger partial charge on any atom is 0.0677 e. The molecule has 0 aromatic heterocycles. The van der Waals surface area contributed by atoms with E-state index in [0.29, 0.717) is 12.0 Å². The summed E-state index contributed by atoms with van der Waals surface area (Å²) in [5.74, 6) is 0.624. The molecule has 1 aliphatic rings. The molecule has 0 saturated carbocycles. The second-order valence-electron chi connectivity index (χ2n) is 6.67. The van der Waals surface area contributed by atoms with Gasteiger partial charge >= 0.3 is 0 Å². The van der Waals surface area contributed by atoms with E-state index >= 15 is 0 Å². The van der Waals surface area contributed by atoms with E-state index in [1.165, 1.54) is 25.7 Å². The summed E-state index contributed by atoms with van der Waals surface area (Å²) in [5, 5.41) is 3.52. The molecule has 0 aromatic rings. The minimum absolute atomic E-state index is 0.00336. The molecule has 1 aliphatic heterocycles. The zero-order chi connectivity index (χ0) is 13.1. The normalized spacial score (nSPS) is 28.2. The van der Waals surface area contributed by atoms with Crippen LogP contribution in [0.2, 0.25) is 0 Å². The highest BCUT2D eigenvalue weighted by atomic mass is 16.5. The van der Waals surface area contributed by atoms with Gasteiger partial charge in [0.2, 0.25) is 0 Å². The van der Waals surface area contributed by atoms with Crippen molar-refractivity contribution in [3.05, 3.63) is 0 Å². The van der Waals surface area contributed by atoms with Gasteiger partial charge in [0.05, 0.1) is 11.2 Å². The largest absolute Gasteiger partial charge is 0.369 e. The van der Waals surface area contributed by atoms with Gasteiger partial charge < -0.3 is 10.1 Å². The number of nitrogens with one attached hydrogen (secondary N) is 1. The molecule has 2 atom stereocenters. The molecule has 0 aliphatic carbocycles. The van der Waals surface area contributed by atoms with Crippen LogP contribution >= 0.6 is 0 Å². The quantitative estimate of drug-likeness (QED) is 0.715. The smallest absolute Gasteiger partial charge is 0.0677 e. The van der Waals surface area contributed by atoms with Crippen molar-refractivity contribution in [1.82, 2.24) is 5.32 Å². The standard InChI is InChI=1S/C15H31NO/c1-7-8-9-10-13(16-6)12-11-14(2,3)17-15(12,4)5/h12-13,16H,7-11H2,1-6H3. The van der Waals surface area contributed by atoms with Gasteiger partial charge in [-0.3, -0.25) is 0 Å². The number of rotatable bonds is 6. The Morgan fingerprint density at radius 2 is 1.88 bits per heavy atom. The molecule has 0 radical (unpaired) electrons. The summed E-state index contributed by atoms with van der Waals surface area (Å²) in [5.41, 5.74) is 0.0391. The van der Waals surface area contributed by atoms with Gasteiger partial charge in [-0.2, -0.15) is 0 Å². The van der Waals surface area contributed by atoms with Crippen LogP contribution in [-0.2, 0) is 4.74 Å². The van der Waals surface area contributed by atoms with Crippen LogP contribution in [-0.4, -0.2) is 24.3 Å². The third-order valence-electron chi connectivity index (χ3n) is 4.12. The lowest BCUT2D eigenvalue weighted by Gasteiger charge is -2.33. The van der Waals surface area contributed by atoms with Crippen LogP contribution in [0.1, 0.15) is 66.7 Å². The Labute approximate surface area is 108 Å². The molecule has 2 nitrogen and oxygen atoms in total. The molecular formula is C15H31NO. The molecule has 1 rings (SSSR count). The summed E-state index contributed by atoms with van der Waals surface area (Å²) in [6, 6.07) is 0.596. The number of hydrogen-bond donors (Lipinski definition) is 1. The van der Waals surface area contributed by atoms with Crippen LogP contribution in [0.3, 0.4) is 0 Å². The van der Waals surface area contributed by atoms with Gasteiger partial charge in [-0.1, -0.05) is 26.2 Å². The Bertz CT molecular complexity index is 235.